The van der Waals surface area contributed by atoms with Crippen molar-refractivity contribution in [3.05, 3.63) is 0 Å². The zero-order chi connectivity index (χ0) is 15.4. The number of piperidine rings is 1. The third-order valence-corrected chi connectivity index (χ3v) is 4.94. The summed E-state index contributed by atoms with van der Waals surface area (Å²) >= 11 is 0. The number of carbonyl (C=O) groups excluding carboxylic acids is 2. The van der Waals surface area contributed by atoms with E-state index >= 15 is 0 Å². The predicted molar refractivity (Wildman–Crippen MR) is 82.5 cm³/mol. The molecule has 2 amide bonds. The van der Waals surface area contributed by atoms with Gasteiger partial charge in [0, 0.05) is 38.0 Å². The molecule has 2 fully saturated rings. The summed E-state index contributed by atoms with van der Waals surface area (Å²) < 4.78 is 0. The van der Waals surface area contributed by atoms with E-state index in [1.165, 1.54) is 0 Å². The molecule has 2 N–H and O–H groups in total. The molecule has 0 aliphatic carbocycles. The SMILES string of the molecule is CCCC(=O)N1CCC(C(=O)N2CC(CN)CC2C)CC1. The van der Waals surface area contributed by atoms with Crippen LogP contribution in [-0.4, -0.2) is 53.8 Å². The summed E-state index contributed by atoms with van der Waals surface area (Å²) in [5.41, 5.74) is 5.73. The molecule has 2 heterocycles. The maximum absolute atomic E-state index is 12.7. The van der Waals surface area contributed by atoms with Gasteiger partial charge in [-0.05, 0) is 45.1 Å². The Bertz CT molecular complexity index is 378. The number of carbonyl (C=O) groups is 2. The van der Waals surface area contributed by atoms with Gasteiger partial charge in [-0.15, -0.1) is 0 Å². The molecule has 0 saturated carbocycles. The molecule has 21 heavy (non-hydrogen) atoms. The first-order valence-corrected chi connectivity index (χ1v) is 8.35. The van der Waals surface area contributed by atoms with Gasteiger partial charge in [0.15, 0.2) is 0 Å². The summed E-state index contributed by atoms with van der Waals surface area (Å²) in [5, 5.41) is 0. The Morgan fingerprint density at radius 2 is 1.90 bits per heavy atom. The van der Waals surface area contributed by atoms with E-state index in [9.17, 15) is 9.59 Å². The monoisotopic (exact) mass is 295 g/mol. The molecule has 2 aliphatic rings. The summed E-state index contributed by atoms with van der Waals surface area (Å²) in [6.45, 7) is 7.09. The van der Waals surface area contributed by atoms with Gasteiger partial charge < -0.3 is 15.5 Å². The molecule has 0 aromatic carbocycles. The van der Waals surface area contributed by atoms with Gasteiger partial charge in [0.05, 0.1) is 0 Å². The largest absolute Gasteiger partial charge is 0.343 e. The van der Waals surface area contributed by atoms with E-state index in [0.29, 0.717) is 24.9 Å². The van der Waals surface area contributed by atoms with Crippen LogP contribution in [0.4, 0.5) is 0 Å². The first-order chi connectivity index (χ1) is 10.1. The smallest absolute Gasteiger partial charge is 0.226 e. The molecule has 0 radical (unpaired) electrons. The fourth-order valence-corrected chi connectivity index (χ4v) is 3.60. The molecule has 0 aromatic rings. The molecule has 2 unspecified atom stereocenters. The topological polar surface area (TPSA) is 66.6 Å². The van der Waals surface area contributed by atoms with E-state index in [0.717, 1.165) is 45.3 Å². The van der Waals surface area contributed by atoms with Crippen molar-refractivity contribution in [1.82, 2.24) is 9.80 Å². The number of hydrogen-bond acceptors (Lipinski definition) is 3. The number of rotatable bonds is 4. The van der Waals surface area contributed by atoms with Gasteiger partial charge in [0.25, 0.3) is 0 Å². The maximum Gasteiger partial charge on any atom is 0.226 e. The molecule has 2 atom stereocenters. The van der Waals surface area contributed by atoms with Crippen molar-refractivity contribution in [2.24, 2.45) is 17.6 Å². The van der Waals surface area contributed by atoms with Gasteiger partial charge in [-0.2, -0.15) is 0 Å². The highest BCUT2D eigenvalue weighted by Crippen LogP contribution is 2.27. The Labute approximate surface area is 127 Å². The number of nitrogens with two attached hydrogens (primary N) is 1. The second-order valence-corrected chi connectivity index (χ2v) is 6.58. The minimum atomic E-state index is 0.0923. The zero-order valence-corrected chi connectivity index (χ0v) is 13.4. The molecule has 0 bridgehead atoms. The first kappa shape index (κ1) is 16.3. The van der Waals surface area contributed by atoms with Crippen LogP contribution in [0.3, 0.4) is 0 Å². The standard InChI is InChI=1S/C16H29N3O2/c1-3-4-15(20)18-7-5-14(6-8-18)16(21)19-11-13(10-17)9-12(19)2/h12-14H,3-11,17H2,1-2H3. The van der Waals surface area contributed by atoms with Crippen molar-refractivity contribution in [2.75, 3.05) is 26.2 Å². The van der Waals surface area contributed by atoms with Crippen LogP contribution in [0.1, 0.15) is 46.0 Å². The Kier molecular flexibility index (Phi) is 5.62. The van der Waals surface area contributed by atoms with Gasteiger partial charge in [-0.25, -0.2) is 0 Å². The van der Waals surface area contributed by atoms with E-state index in [2.05, 4.69) is 6.92 Å². The predicted octanol–water partition coefficient (Wildman–Crippen LogP) is 1.22. The van der Waals surface area contributed by atoms with Crippen molar-refractivity contribution in [1.29, 1.82) is 0 Å². The molecule has 2 aliphatic heterocycles. The summed E-state index contributed by atoms with van der Waals surface area (Å²) in [7, 11) is 0. The van der Waals surface area contributed by atoms with Crippen LogP contribution in [0.5, 0.6) is 0 Å². The molecule has 5 nitrogen and oxygen atoms in total. The maximum atomic E-state index is 12.7. The van der Waals surface area contributed by atoms with Crippen LogP contribution in [0.2, 0.25) is 0 Å². The average molecular weight is 295 g/mol. The molecule has 0 aromatic heterocycles. The Morgan fingerprint density at radius 1 is 1.24 bits per heavy atom. The lowest BCUT2D eigenvalue weighted by Crippen LogP contribution is -2.45. The Morgan fingerprint density at radius 3 is 2.43 bits per heavy atom. The van der Waals surface area contributed by atoms with Crippen molar-refractivity contribution >= 4 is 11.8 Å². The van der Waals surface area contributed by atoms with Crippen LogP contribution in [0.25, 0.3) is 0 Å². The first-order valence-electron chi connectivity index (χ1n) is 8.35. The Balaban J connectivity index is 1.84. The molecule has 0 spiro atoms. The lowest BCUT2D eigenvalue weighted by molar-refractivity contribution is -0.141. The van der Waals surface area contributed by atoms with Crippen LogP contribution in [-0.2, 0) is 9.59 Å². The van der Waals surface area contributed by atoms with Crippen LogP contribution in [0, 0.1) is 11.8 Å². The van der Waals surface area contributed by atoms with Gasteiger partial charge >= 0.3 is 0 Å². The van der Waals surface area contributed by atoms with Gasteiger partial charge in [0.2, 0.25) is 11.8 Å². The number of likely N-dealkylation sites (tertiary alicyclic amines) is 2. The van der Waals surface area contributed by atoms with Crippen molar-refractivity contribution in [2.45, 2.75) is 52.0 Å². The normalized spacial score (nSPS) is 27.2. The average Bonchev–Trinajstić information content (AvgIpc) is 2.88. The molecule has 120 valence electrons. The molecule has 2 saturated heterocycles. The highest BCUT2D eigenvalue weighted by atomic mass is 16.2. The highest BCUT2D eigenvalue weighted by Gasteiger charge is 2.36. The number of amides is 2. The number of hydrogen-bond donors (Lipinski definition) is 1. The van der Waals surface area contributed by atoms with E-state index < -0.39 is 0 Å². The third kappa shape index (κ3) is 3.76. The van der Waals surface area contributed by atoms with Gasteiger partial charge in [0.1, 0.15) is 0 Å². The van der Waals surface area contributed by atoms with Gasteiger partial charge in [-0.1, -0.05) is 6.92 Å². The summed E-state index contributed by atoms with van der Waals surface area (Å²) in [5.74, 6) is 1.06. The molecular formula is C16H29N3O2. The fourth-order valence-electron chi connectivity index (χ4n) is 3.60. The molecular weight excluding hydrogens is 266 g/mol. The van der Waals surface area contributed by atoms with E-state index in [1.54, 1.807) is 0 Å². The molecule has 2 rings (SSSR count). The minimum Gasteiger partial charge on any atom is -0.343 e. The molecule has 5 heteroatoms. The van der Waals surface area contributed by atoms with Crippen LogP contribution < -0.4 is 5.73 Å². The Hall–Kier alpha value is -1.10. The third-order valence-electron chi connectivity index (χ3n) is 4.94. The summed E-state index contributed by atoms with van der Waals surface area (Å²) in [4.78, 5) is 28.5. The minimum absolute atomic E-state index is 0.0923. The zero-order valence-electron chi connectivity index (χ0n) is 13.4. The second-order valence-electron chi connectivity index (χ2n) is 6.58. The highest BCUT2D eigenvalue weighted by molar-refractivity contribution is 5.80. The van der Waals surface area contributed by atoms with Crippen LogP contribution >= 0.6 is 0 Å². The van der Waals surface area contributed by atoms with E-state index in [-0.39, 0.29) is 17.7 Å². The lowest BCUT2D eigenvalue weighted by Gasteiger charge is -2.34. The van der Waals surface area contributed by atoms with Gasteiger partial charge in [-0.3, -0.25) is 9.59 Å². The van der Waals surface area contributed by atoms with Crippen molar-refractivity contribution in [3.63, 3.8) is 0 Å². The summed E-state index contributed by atoms with van der Waals surface area (Å²) in [6.07, 6.45) is 4.16. The summed E-state index contributed by atoms with van der Waals surface area (Å²) in [6, 6.07) is 0.311. The lowest BCUT2D eigenvalue weighted by atomic mass is 9.94. The van der Waals surface area contributed by atoms with E-state index in [4.69, 9.17) is 5.73 Å². The van der Waals surface area contributed by atoms with E-state index in [1.807, 2.05) is 16.7 Å². The number of nitrogens with zero attached hydrogens (tertiary/aromatic N) is 2. The quantitative estimate of drug-likeness (QED) is 0.848. The fraction of sp³-hybridized carbons (Fsp3) is 0.875. The van der Waals surface area contributed by atoms with Crippen LogP contribution in [0.15, 0.2) is 0 Å². The second kappa shape index (κ2) is 7.25. The van der Waals surface area contributed by atoms with Crippen molar-refractivity contribution < 1.29 is 9.59 Å². The van der Waals surface area contributed by atoms with Crippen molar-refractivity contribution in [3.8, 4) is 0 Å².